The molecule has 0 radical (unpaired) electrons. The fraction of sp³-hybridized carbons (Fsp3) is 0.364. The molecule has 0 bridgehead atoms. The van der Waals surface area contributed by atoms with Gasteiger partial charge in [-0.15, -0.1) is 0 Å². The number of carbonyl (C=O) groups excluding carboxylic acids is 2. The average molecular weight is 350 g/mol. The van der Waals surface area contributed by atoms with Gasteiger partial charge in [0.05, 0.1) is 5.56 Å². The van der Waals surface area contributed by atoms with Crippen molar-refractivity contribution >= 4 is 11.9 Å². The van der Waals surface area contributed by atoms with Crippen LogP contribution in [0.25, 0.3) is 0 Å². The van der Waals surface area contributed by atoms with Gasteiger partial charge in [0, 0.05) is 28.9 Å². The molecule has 0 spiro atoms. The number of benzene rings is 1. The van der Waals surface area contributed by atoms with E-state index in [0.29, 0.717) is 23.3 Å². The zero-order valence-corrected chi connectivity index (χ0v) is 15.2. The number of fused-ring (bicyclic) bond motifs is 2. The quantitative estimate of drug-likeness (QED) is 0.744. The monoisotopic (exact) mass is 350 g/mol. The van der Waals surface area contributed by atoms with Crippen LogP contribution in [0.4, 0.5) is 0 Å². The molecule has 4 nitrogen and oxygen atoms in total. The van der Waals surface area contributed by atoms with Gasteiger partial charge in [0.1, 0.15) is 11.9 Å². The lowest BCUT2D eigenvalue weighted by molar-refractivity contribution is -0.133. The van der Waals surface area contributed by atoms with Gasteiger partial charge in [0.25, 0.3) is 0 Å². The summed E-state index contributed by atoms with van der Waals surface area (Å²) in [5, 5.41) is 0. The number of esters is 2. The topological polar surface area (TPSA) is 52.6 Å². The fourth-order valence-corrected chi connectivity index (χ4v) is 4.16. The maximum absolute atomic E-state index is 12.5. The van der Waals surface area contributed by atoms with Crippen molar-refractivity contribution in [2.75, 3.05) is 0 Å². The van der Waals surface area contributed by atoms with Crippen molar-refractivity contribution in [3.63, 3.8) is 0 Å². The van der Waals surface area contributed by atoms with Crippen molar-refractivity contribution in [3.05, 3.63) is 70.5 Å². The summed E-state index contributed by atoms with van der Waals surface area (Å²) in [6.45, 7) is 6.13. The van der Waals surface area contributed by atoms with Crippen LogP contribution in [0.3, 0.4) is 0 Å². The van der Waals surface area contributed by atoms with E-state index in [-0.39, 0.29) is 29.4 Å². The summed E-state index contributed by atoms with van der Waals surface area (Å²) < 4.78 is 11.2. The molecule has 1 aliphatic heterocycles. The SMILES string of the molecule is CC1=C2C[C@@]3(C)C(=CC[C@H](OC(=O)c4ccccc4)[C@@H]3C)C=C2OC1=O. The van der Waals surface area contributed by atoms with Crippen LogP contribution in [0.15, 0.2) is 65.0 Å². The maximum atomic E-state index is 12.5. The van der Waals surface area contributed by atoms with Gasteiger partial charge in [-0.2, -0.15) is 0 Å². The molecular weight excluding hydrogens is 328 g/mol. The van der Waals surface area contributed by atoms with Gasteiger partial charge < -0.3 is 9.47 Å². The highest BCUT2D eigenvalue weighted by atomic mass is 16.5. The van der Waals surface area contributed by atoms with Crippen molar-refractivity contribution < 1.29 is 19.1 Å². The highest BCUT2D eigenvalue weighted by Gasteiger charge is 2.48. The van der Waals surface area contributed by atoms with Crippen LogP contribution in [0, 0.1) is 11.3 Å². The second-order valence-electron chi connectivity index (χ2n) is 7.59. The van der Waals surface area contributed by atoms with Crippen LogP contribution in [0.1, 0.15) is 44.0 Å². The molecule has 4 heteroatoms. The van der Waals surface area contributed by atoms with E-state index in [1.165, 1.54) is 5.57 Å². The van der Waals surface area contributed by atoms with Crippen molar-refractivity contribution in [1.29, 1.82) is 0 Å². The summed E-state index contributed by atoms with van der Waals surface area (Å²) in [5.74, 6) is 0.269. The molecule has 4 rings (SSSR count). The van der Waals surface area contributed by atoms with Gasteiger partial charge in [0.15, 0.2) is 0 Å². The van der Waals surface area contributed by atoms with Gasteiger partial charge in [-0.3, -0.25) is 0 Å². The molecule has 134 valence electrons. The van der Waals surface area contributed by atoms with Crippen LogP contribution in [-0.4, -0.2) is 18.0 Å². The molecule has 0 saturated heterocycles. The minimum atomic E-state index is -0.287. The van der Waals surface area contributed by atoms with Crippen LogP contribution < -0.4 is 0 Å². The summed E-state index contributed by atoms with van der Waals surface area (Å²) in [7, 11) is 0. The third-order valence-corrected chi connectivity index (χ3v) is 6.15. The summed E-state index contributed by atoms with van der Waals surface area (Å²) in [5.41, 5.74) is 3.22. The highest BCUT2D eigenvalue weighted by molar-refractivity contribution is 5.94. The van der Waals surface area contributed by atoms with Crippen molar-refractivity contribution in [2.45, 2.75) is 39.7 Å². The predicted octanol–water partition coefficient (Wildman–Crippen LogP) is 4.35. The molecule has 3 aliphatic rings. The standard InChI is InChI=1S/C22H22O4/c1-13-17-12-22(3)14(2)18(25-21(24)15-7-5-4-6-8-15)10-9-16(22)11-19(17)26-20(13)23/h4-9,11,14,18H,10,12H2,1-3H3/t14-,18-,22+/m0/s1. The Morgan fingerprint density at radius 3 is 2.73 bits per heavy atom. The summed E-state index contributed by atoms with van der Waals surface area (Å²) in [6.07, 6.45) is 5.31. The Kier molecular flexibility index (Phi) is 3.87. The van der Waals surface area contributed by atoms with E-state index in [4.69, 9.17) is 9.47 Å². The molecule has 0 fully saturated rings. The second-order valence-corrected chi connectivity index (χ2v) is 7.59. The third kappa shape index (κ3) is 2.52. The first-order valence-electron chi connectivity index (χ1n) is 9.01. The van der Waals surface area contributed by atoms with Crippen LogP contribution in [-0.2, 0) is 14.3 Å². The van der Waals surface area contributed by atoms with Gasteiger partial charge in [-0.05, 0) is 37.1 Å². The van der Waals surface area contributed by atoms with E-state index in [9.17, 15) is 9.59 Å². The highest BCUT2D eigenvalue weighted by Crippen LogP contribution is 2.53. The number of ether oxygens (including phenoxy) is 2. The minimum absolute atomic E-state index is 0.129. The molecule has 2 aliphatic carbocycles. The van der Waals surface area contributed by atoms with Crippen LogP contribution in [0.2, 0.25) is 0 Å². The Morgan fingerprint density at radius 1 is 1.27 bits per heavy atom. The largest absolute Gasteiger partial charge is 0.458 e. The Bertz CT molecular complexity index is 875. The predicted molar refractivity (Wildman–Crippen MR) is 97.1 cm³/mol. The van der Waals surface area contributed by atoms with Gasteiger partial charge in [-0.1, -0.05) is 38.1 Å². The van der Waals surface area contributed by atoms with E-state index in [1.54, 1.807) is 12.1 Å². The lowest BCUT2D eigenvalue weighted by atomic mass is 9.60. The van der Waals surface area contributed by atoms with Gasteiger partial charge in [0.2, 0.25) is 0 Å². The Balaban J connectivity index is 1.61. The molecule has 1 aromatic carbocycles. The maximum Gasteiger partial charge on any atom is 0.339 e. The molecule has 0 unspecified atom stereocenters. The fourth-order valence-electron chi connectivity index (χ4n) is 4.16. The van der Waals surface area contributed by atoms with E-state index < -0.39 is 0 Å². The van der Waals surface area contributed by atoms with Crippen molar-refractivity contribution in [3.8, 4) is 0 Å². The first-order chi connectivity index (χ1) is 12.4. The molecule has 0 amide bonds. The third-order valence-electron chi connectivity index (χ3n) is 6.15. The molecule has 26 heavy (non-hydrogen) atoms. The summed E-state index contributed by atoms with van der Waals surface area (Å²) in [4.78, 5) is 24.4. The van der Waals surface area contributed by atoms with Crippen LogP contribution in [0.5, 0.6) is 0 Å². The minimum Gasteiger partial charge on any atom is -0.458 e. The number of rotatable bonds is 2. The summed E-state index contributed by atoms with van der Waals surface area (Å²) in [6, 6.07) is 9.08. The number of hydrogen-bond acceptors (Lipinski definition) is 4. The molecule has 1 heterocycles. The van der Waals surface area contributed by atoms with E-state index >= 15 is 0 Å². The zero-order valence-electron chi connectivity index (χ0n) is 15.2. The number of hydrogen-bond donors (Lipinski definition) is 0. The van der Waals surface area contributed by atoms with Crippen LogP contribution >= 0.6 is 0 Å². The second kappa shape index (κ2) is 5.97. The zero-order chi connectivity index (χ0) is 18.5. The smallest absolute Gasteiger partial charge is 0.339 e. The first kappa shape index (κ1) is 16.8. The Hall–Kier alpha value is -2.62. The molecule has 3 atom stereocenters. The Labute approximate surface area is 153 Å². The molecule has 1 aromatic rings. The molecular formula is C22H22O4. The number of allylic oxidation sites excluding steroid dienone is 3. The Morgan fingerprint density at radius 2 is 2.00 bits per heavy atom. The molecule has 0 aromatic heterocycles. The lowest BCUT2D eigenvalue weighted by Crippen LogP contribution is -2.42. The molecule has 0 N–H and O–H groups in total. The number of carbonyl (C=O) groups is 2. The molecule has 0 saturated carbocycles. The van der Waals surface area contributed by atoms with E-state index in [0.717, 1.165) is 12.0 Å². The normalized spacial score (nSPS) is 30.0. The first-order valence-corrected chi connectivity index (χ1v) is 9.01. The van der Waals surface area contributed by atoms with Gasteiger partial charge in [-0.25, -0.2) is 9.59 Å². The van der Waals surface area contributed by atoms with Crippen molar-refractivity contribution in [1.82, 2.24) is 0 Å². The van der Waals surface area contributed by atoms with Gasteiger partial charge >= 0.3 is 11.9 Å². The lowest BCUT2D eigenvalue weighted by Gasteiger charge is -2.46. The van der Waals surface area contributed by atoms with E-state index in [2.05, 4.69) is 19.9 Å². The van der Waals surface area contributed by atoms with Crippen molar-refractivity contribution in [2.24, 2.45) is 11.3 Å². The van der Waals surface area contributed by atoms with E-state index in [1.807, 2.05) is 31.2 Å². The average Bonchev–Trinajstić information content (AvgIpc) is 2.91. The summed E-state index contributed by atoms with van der Waals surface area (Å²) >= 11 is 0.